The number of carbonyl (C=O) groups is 1. The Morgan fingerprint density at radius 1 is 1.30 bits per heavy atom. The van der Waals surface area contributed by atoms with E-state index in [1.54, 1.807) is 0 Å². The molecule has 0 fully saturated rings. The molecule has 106 valence electrons. The highest BCUT2D eigenvalue weighted by molar-refractivity contribution is 9.09. The van der Waals surface area contributed by atoms with Gasteiger partial charge in [-0.15, -0.1) is 11.3 Å². The lowest BCUT2D eigenvalue weighted by Gasteiger charge is -2.16. The lowest BCUT2D eigenvalue weighted by atomic mass is 10.1. The van der Waals surface area contributed by atoms with E-state index < -0.39 is 0 Å². The first-order chi connectivity index (χ1) is 9.74. The van der Waals surface area contributed by atoms with Crippen molar-refractivity contribution in [3.8, 4) is 0 Å². The Balaban J connectivity index is 2.01. The maximum absolute atomic E-state index is 12.3. The summed E-state index contributed by atoms with van der Waals surface area (Å²) in [5.41, 5.74) is 2.36. The molecule has 0 saturated heterocycles. The van der Waals surface area contributed by atoms with Gasteiger partial charge < -0.3 is 5.32 Å². The van der Waals surface area contributed by atoms with Gasteiger partial charge in [-0.1, -0.05) is 53.2 Å². The largest absolute Gasteiger partial charge is 0.347 e. The summed E-state index contributed by atoms with van der Waals surface area (Å²) in [6, 6.07) is 12.4. The van der Waals surface area contributed by atoms with Crippen LogP contribution in [0.1, 0.15) is 27.7 Å². The van der Waals surface area contributed by atoms with Crippen LogP contribution < -0.4 is 5.32 Å². The van der Waals surface area contributed by atoms with Crippen molar-refractivity contribution in [2.24, 2.45) is 0 Å². The number of hydrogen-bond acceptors (Lipinski definition) is 2. The van der Waals surface area contributed by atoms with Crippen molar-refractivity contribution < 1.29 is 4.79 Å². The molecule has 1 aromatic heterocycles. The average molecular weight is 352 g/mol. The molecule has 1 amide bonds. The molecular formula is C16H18BrNOS. The third kappa shape index (κ3) is 3.93. The summed E-state index contributed by atoms with van der Waals surface area (Å²) < 4.78 is 0. The topological polar surface area (TPSA) is 29.1 Å². The van der Waals surface area contributed by atoms with Gasteiger partial charge in [0.25, 0.3) is 5.91 Å². The lowest BCUT2D eigenvalue weighted by molar-refractivity contribution is 0.0944. The number of hydrogen-bond donors (Lipinski definition) is 1. The van der Waals surface area contributed by atoms with Gasteiger partial charge in [-0.25, -0.2) is 0 Å². The van der Waals surface area contributed by atoms with Gasteiger partial charge >= 0.3 is 0 Å². The number of aryl methyl sites for hydroxylation is 1. The van der Waals surface area contributed by atoms with Crippen LogP contribution in [0.3, 0.4) is 0 Å². The van der Waals surface area contributed by atoms with Crippen molar-refractivity contribution in [2.45, 2.75) is 25.8 Å². The average Bonchev–Trinajstić information content (AvgIpc) is 2.96. The molecule has 1 aromatic carbocycles. The summed E-state index contributed by atoms with van der Waals surface area (Å²) in [6.07, 6.45) is 1.73. The SMILES string of the molecule is CCc1ccsc1C(=O)NC(CBr)Cc1ccccc1. The molecule has 20 heavy (non-hydrogen) atoms. The molecular weight excluding hydrogens is 334 g/mol. The van der Waals surface area contributed by atoms with E-state index in [2.05, 4.69) is 40.3 Å². The van der Waals surface area contributed by atoms with Crippen molar-refractivity contribution in [2.75, 3.05) is 5.33 Å². The summed E-state index contributed by atoms with van der Waals surface area (Å²) >= 11 is 5.00. The highest BCUT2D eigenvalue weighted by Crippen LogP contribution is 2.17. The van der Waals surface area contributed by atoms with Crippen LogP contribution in [0.4, 0.5) is 0 Å². The number of carbonyl (C=O) groups excluding carboxylic acids is 1. The number of thiophene rings is 1. The highest BCUT2D eigenvalue weighted by atomic mass is 79.9. The van der Waals surface area contributed by atoms with Crippen LogP contribution in [0.2, 0.25) is 0 Å². The van der Waals surface area contributed by atoms with Crippen LogP contribution in [-0.2, 0) is 12.8 Å². The van der Waals surface area contributed by atoms with E-state index >= 15 is 0 Å². The normalized spacial score (nSPS) is 12.1. The standard InChI is InChI=1S/C16H18BrNOS/c1-2-13-8-9-20-15(13)16(19)18-14(11-17)10-12-6-4-3-5-7-12/h3-9,14H,2,10-11H2,1H3,(H,18,19). The van der Waals surface area contributed by atoms with E-state index in [-0.39, 0.29) is 11.9 Å². The van der Waals surface area contributed by atoms with Crippen molar-refractivity contribution >= 4 is 33.2 Å². The van der Waals surface area contributed by atoms with Crippen LogP contribution in [0.5, 0.6) is 0 Å². The van der Waals surface area contributed by atoms with Crippen molar-refractivity contribution in [3.63, 3.8) is 0 Å². The van der Waals surface area contributed by atoms with Gasteiger partial charge in [0.2, 0.25) is 0 Å². The van der Waals surface area contributed by atoms with Crippen LogP contribution in [0.15, 0.2) is 41.8 Å². The second-order valence-corrected chi connectivity index (χ2v) is 6.21. The summed E-state index contributed by atoms with van der Waals surface area (Å²) in [6.45, 7) is 2.07. The van der Waals surface area contributed by atoms with Crippen molar-refractivity contribution in [1.29, 1.82) is 0 Å². The van der Waals surface area contributed by atoms with Gasteiger partial charge in [-0.05, 0) is 35.4 Å². The first-order valence-corrected chi connectivity index (χ1v) is 8.71. The predicted octanol–water partition coefficient (Wildman–Crippen LogP) is 4.05. The Kier molecular flexibility index (Phi) is 5.80. The Bertz CT molecular complexity index is 553. The van der Waals surface area contributed by atoms with Gasteiger partial charge in [0.05, 0.1) is 4.88 Å². The second-order valence-electron chi connectivity index (χ2n) is 4.64. The molecule has 1 heterocycles. The minimum Gasteiger partial charge on any atom is -0.347 e. The molecule has 1 unspecified atom stereocenters. The number of rotatable bonds is 6. The third-order valence-electron chi connectivity index (χ3n) is 3.18. The number of amides is 1. The van der Waals surface area contributed by atoms with E-state index in [9.17, 15) is 4.79 Å². The fraction of sp³-hybridized carbons (Fsp3) is 0.312. The maximum Gasteiger partial charge on any atom is 0.261 e. The van der Waals surface area contributed by atoms with Gasteiger partial charge in [-0.3, -0.25) is 4.79 Å². The molecule has 0 saturated carbocycles. The summed E-state index contributed by atoms with van der Waals surface area (Å²) in [5.74, 6) is 0.0391. The summed E-state index contributed by atoms with van der Waals surface area (Å²) in [4.78, 5) is 13.2. The highest BCUT2D eigenvalue weighted by Gasteiger charge is 2.16. The van der Waals surface area contributed by atoms with Crippen molar-refractivity contribution in [1.82, 2.24) is 5.32 Å². The number of benzene rings is 1. The maximum atomic E-state index is 12.3. The Labute approximate surface area is 132 Å². The van der Waals surface area contributed by atoms with Crippen LogP contribution in [0.25, 0.3) is 0 Å². The zero-order valence-electron chi connectivity index (χ0n) is 11.4. The van der Waals surface area contributed by atoms with E-state index in [0.29, 0.717) is 0 Å². The van der Waals surface area contributed by atoms with Crippen LogP contribution >= 0.6 is 27.3 Å². The molecule has 0 bridgehead atoms. The molecule has 1 atom stereocenters. The Morgan fingerprint density at radius 2 is 2.05 bits per heavy atom. The lowest BCUT2D eigenvalue weighted by Crippen LogP contribution is -2.37. The summed E-state index contributed by atoms with van der Waals surface area (Å²) in [7, 11) is 0. The van der Waals surface area contributed by atoms with Gasteiger partial charge in [0.15, 0.2) is 0 Å². The van der Waals surface area contributed by atoms with Crippen LogP contribution in [0, 0.1) is 0 Å². The van der Waals surface area contributed by atoms with E-state index in [4.69, 9.17) is 0 Å². The van der Waals surface area contributed by atoms with E-state index in [0.717, 1.165) is 28.6 Å². The zero-order chi connectivity index (χ0) is 14.4. The van der Waals surface area contributed by atoms with E-state index in [1.807, 2.05) is 29.6 Å². The fourth-order valence-electron chi connectivity index (χ4n) is 2.11. The fourth-order valence-corrected chi connectivity index (χ4v) is 3.40. The molecule has 0 aliphatic heterocycles. The minimum atomic E-state index is 0.0391. The van der Waals surface area contributed by atoms with Gasteiger partial charge in [-0.2, -0.15) is 0 Å². The first kappa shape index (κ1) is 15.3. The zero-order valence-corrected chi connectivity index (χ0v) is 13.8. The minimum absolute atomic E-state index is 0.0391. The first-order valence-electron chi connectivity index (χ1n) is 6.71. The molecule has 1 N–H and O–H groups in total. The second kappa shape index (κ2) is 7.60. The number of alkyl halides is 1. The third-order valence-corrected chi connectivity index (χ3v) is 4.92. The Hall–Kier alpha value is -1.13. The van der Waals surface area contributed by atoms with Crippen molar-refractivity contribution in [3.05, 3.63) is 57.8 Å². The van der Waals surface area contributed by atoms with E-state index in [1.165, 1.54) is 16.9 Å². The molecule has 2 rings (SSSR count). The summed E-state index contributed by atoms with van der Waals surface area (Å²) in [5, 5.41) is 5.85. The molecule has 0 aliphatic rings. The van der Waals surface area contributed by atoms with Gasteiger partial charge in [0.1, 0.15) is 0 Å². The van der Waals surface area contributed by atoms with Gasteiger partial charge in [0, 0.05) is 11.4 Å². The molecule has 0 aliphatic carbocycles. The quantitative estimate of drug-likeness (QED) is 0.781. The molecule has 4 heteroatoms. The van der Waals surface area contributed by atoms with Crippen LogP contribution in [-0.4, -0.2) is 17.3 Å². The predicted molar refractivity (Wildman–Crippen MR) is 88.9 cm³/mol. The Morgan fingerprint density at radius 3 is 2.70 bits per heavy atom. The number of nitrogens with one attached hydrogen (secondary N) is 1. The molecule has 0 spiro atoms. The molecule has 0 radical (unpaired) electrons. The smallest absolute Gasteiger partial charge is 0.261 e. The monoisotopic (exact) mass is 351 g/mol. The molecule has 2 aromatic rings. The number of halogens is 1. The molecule has 2 nitrogen and oxygen atoms in total.